The minimum absolute atomic E-state index is 0.306. The summed E-state index contributed by atoms with van der Waals surface area (Å²) in [6, 6.07) is 0. The summed E-state index contributed by atoms with van der Waals surface area (Å²) < 4.78 is 0. The maximum atomic E-state index is 8.74. The lowest BCUT2D eigenvalue weighted by Crippen LogP contribution is -2.26. The zero-order valence-corrected chi connectivity index (χ0v) is 5.56. The van der Waals surface area contributed by atoms with Crippen LogP contribution in [0.4, 0.5) is 0 Å². The number of aliphatic hydroxyl groups excluding tert-OH is 1. The summed E-state index contributed by atoms with van der Waals surface area (Å²) in [5, 5.41) is 11.9. The van der Waals surface area contributed by atoms with E-state index in [0.29, 0.717) is 12.5 Å². The molecule has 0 radical (unpaired) electrons. The molecule has 1 aliphatic rings. The van der Waals surface area contributed by atoms with Gasteiger partial charge in [0.15, 0.2) is 0 Å². The summed E-state index contributed by atoms with van der Waals surface area (Å²) in [5.74, 6) is 0.457. The molecule has 1 heterocycles. The van der Waals surface area contributed by atoms with Gasteiger partial charge in [-0.2, -0.15) is 0 Å². The molecule has 0 spiro atoms. The Bertz CT molecular complexity index is 111. The van der Waals surface area contributed by atoms with E-state index in [1.165, 1.54) is 0 Å². The highest BCUT2D eigenvalue weighted by Crippen LogP contribution is 2.15. The summed E-state index contributed by atoms with van der Waals surface area (Å²) in [7, 11) is 0. The van der Waals surface area contributed by atoms with Gasteiger partial charge in [-0.15, -0.1) is 0 Å². The van der Waals surface area contributed by atoms with Gasteiger partial charge in [-0.05, 0) is 18.8 Å². The fourth-order valence-electron chi connectivity index (χ4n) is 1.13. The molecule has 0 aromatic carbocycles. The molecule has 52 valence electrons. The lowest BCUT2D eigenvalue weighted by Gasteiger charge is -2.22. The van der Waals surface area contributed by atoms with Crippen LogP contribution in [0.2, 0.25) is 0 Å². The van der Waals surface area contributed by atoms with E-state index in [1.54, 1.807) is 0 Å². The third-order valence-corrected chi connectivity index (χ3v) is 1.72. The molecule has 0 aliphatic carbocycles. The van der Waals surface area contributed by atoms with Crippen LogP contribution in [-0.4, -0.2) is 18.3 Å². The summed E-state index contributed by atoms with van der Waals surface area (Å²) in [6.07, 6.45) is 2.02. The van der Waals surface area contributed by atoms with E-state index < -0.39 is 0 Å². The fraction of sp³-hybridized carbons (Fsp3) is 0.714. The lowest BCUT2D eigenvalue weighted by atomic mass is 9.97. The van der Waals surface area contributed by atoms with Crippen LogP contribution in [-0.2, 0) is 0 Å². The largest absolute Gasteiger partial charge is 0.396 e. The van der Waals surface area contributed by atoms with Crippen LogP contribution in [0.25, 0.3) is 0 Å². The molecule has 0 amide bonds. The van der Waals surface area contributed by atoms with E-state index in [-0.39, 0.29) is 0 Å². The van der Waals surface area contributed by atoms with Crippen LogP contribution in [0.1, 0.15) is 12.8 Å². The first-order valence-electron chi connectivity index (χ1n) is 3.35. The molecule has 0 saturated carbocycles. The van der Waals surface area contributed by atoms with Crippen molar-refractivity contribution in [1.82, 2.24) is 5.32 Å². The van der Waals surface area contributed by atoms with Gasteiger partial charge in [-0.25, -0.2) is 0 Å². The van der Waals surface area contributed by atoms with Gasteiger partial charge < -0.3 is 10.4 Å². The number of allylic oxidation sites excluding steroid dienone is 1. The van der Waals surface area contributed by atoms with Crippen LogP contribution in [0.15, 0.2) is 12.3 Å². The predicted octanol–water partition coefficient (Wildman–Crippen LogP) is 0.492. The first kappa shape index (κ1) is 6.62. The summed E-state index contributed by atoms with van der Waals surface area (Å²) in [4.78, 5) is 0. The van der Waals surface area contributed by atoms with Crippen molar-refractivity contribution in [2.24, 2.45) is 5.92 Å². The summed E-state index contributed by atoms with van der Waals surface area (Å²) in [5.41, 5.74) is 1.07. The number of piperidine rings is 1. The zero-order valence-electron chi connectivity index (χ0n) is 5.56. The van der Waals surface area contributed by atoms with Gasteiger partial charge >= 0.3 is 0 Å². The Labute approximate surface area is 55.6 Å². The molecule has 0 aromatic rings. The molecular weight excluding hydrogens is 114 g/mol. The van der Waals surface area contributed by atoms with E-state index in [9.17, 15) is 0 Å². The van der Waals surface area contributed by atoms with Gasteiger partial charge in [0.2, 0.25) is 0 Å². The maximum Gasteiger partial charge on any atom is 0.0463 e. The highest BCUT2D eigenvalue weighted by atomic mass is 16.3. The van der Waals surface area contributed by atoms with E-state index in [0.717, 1.165) is 25.1 Å². The van der Waals surface area contributed by atoms with Gasteiger partial charge in [0.05, 0.1) is 0 Å². The third-order valence-electron chi connectivity index (χ3n) is 1.72. The van der Waals surface area contributed by atoms with Crippen LogP contribution in [0, 0.1) is 5.92 Å². The average molecular weight is 127 g/mol. The minimum atomic E-state index is 0.306. The molecule has 0 aromatic heterocycles. The molecule has 1 rings (SSSR count). The van der Waals surface area contributed by atoms with Gasteiger partial charge in [0.25, 0.3) is 0 Å². The highest BCUT2D eigenvalue weighted by Gasteiger charge is 2.13. The Balaban J connectivity index is 2.32. The lowest BCUT2D eigenvalue weighted by molar-refractivity contribution is 0.207. The normalized spacial score (nSPS) is 27.7. The molecule has 0 bridgehead atoms. The Morgan fingerprint density at radius 1 is 1.78 bits per heavy atom. The highest BCUT2D eigenvalue weighted by molar-refractivity contribution is 4.96. The van der Waals surface area contributed by atoms with Gasteiger partial charge in [0.1, 0.15) is 0 Å². The van der Waals surface area contributed by atoms with Crippen LogP contribution in [0.5, 0.6) is 0 Å². The maximum absolute atomic E-state index is 8.74. The quantitative estimate of drug-likeness (QED) is 0.537. The van der Waals surface area contributed by atoms with Crippen molar-refractivity contribution in [3.8, 4) is 0 Å². The monoisotopic (exact) mass is 127 g/mol. The van der Waals surface area contributed by atoms with Crippen molar-refractivity contribution in [2.75, 3.05) is 13.2 Å². The number of hydrogen-bond donors (Lipinski definition) is 2. The molecule has 2 nitrogen and oxygen atoms in total. The van der Waals surface area contributed by atoms with Crippen LogP contribution < -0.4 is 5.32 Å². The standard InChI is InChI=1S/C7H13NO/c1-6-4-7(5-9)2-3-8-6/h7-9H,1-5H2. The Morgan fingerprint density at radius 2 is 2.56 bits per heavy atom. The Kier molecular flexibility index (Phi) is 2.11. The number of aliphatic hydroxyl groups is 1. The minimum Gasteiger partial charge on any atom is -0.396 e. The van der Waals surface area contributed by atoms with Crippen molar-refractivity contribution in [1.29, 1.82) is 0 Å². The topological polar surface area (TPSA) is 32.3 Å². The van der Waals surface area contributed by atoms with Crippen molar-refractivity contribution in [2.45, 2.75) is 12.8 Å². The summed E-state index contributed by atoms with van der Waals surface area (Å²) in [6.45, 7) is 5.07. The molecule has 2 N–H and O–H groups in total. The van der Waals surface area contributed by atoms with Crippen molar-refractivity contribution >= 4 is 0 Å². The Hall–Kier alpha value is -0.500. The van der Waals surface area contributed by atoms with Gasteiger partial charge in [-0.1, -0.05) is 6.58 Å². The number of hydrogen-bond acceptors (Lipinski definition) is 2. The molecule has 1 unspecified atom stereocenters. The third kappa shape index (κ3) is 1.72. The van der Waals surface area contributed by atoms with Gasteiger partial charge in [0, 0.05) is 18.8 Å². The molecule has 1 fully saturated rings. The molecular formula is C7H13NO. The van der Waals surface area contributed by atoms with E-state index >= 15 is 0 Å². The first-order valence-corrected chi connectivity index (χ1v) is 3.35. The second-order valence-corrected chi connectivity index (χ2v) is 2.57. The predicted molar refractivity (Wildman–Crippen MR) is 37.0 cm³/mol. The zero-order chi connectivity index (χ0) is 6.69. The van der Waals surface area contributed by atoms with Crippen LogP contribution in [0.3, 0.4) is 0 Å². The van der Waals surface area contributed by atoms with Gasteiger partial charge in [-0.3, -0.25) is 0 Å². The second-order valence-electron chi connectivity index (χ2n) is 2.57. The van der Waals surface area contributed by atoms with E-state index in [4.69, 9.17) is 5.11 Å². The summed E-state index contributed by atoms with van der Waals surface area (Å²) >= 11 is 0. The second kappa shape index (κ2) is 2.87. The molecule has 1 aliphatic heterocycles. The van der Waals surface area contributed by atoms with Crippen molar-refractivity contribution < 1.29 is 5.11 Å². The molecule has 1 atom stereocenters. The van der Waals surface area contributed by atoms with E-state index in [1.807, 2.05) is 0 Å². The average Bonchev–Trinajstić information content (AvgIpc) is 1.88. The van der Waals surface area contributed by atoms with Crippen LogP contribution >= 0.6 is 0 Å². The van der Waals surface area contributed by atoms with Crippen molar-refractivity contribution in [3.63, 3.8) is 0 Å². The smallest absolute Gasteiger partial charge is 0.0463 e. The molecule has 9 heavy (non-hydrogen) atoms. The fourth-order valence-corrected chi connectivity index (χ4v) is 1.13. The molecule has 2 heteroatoms. The number of nitrogens with one attached hydrogen (secondary N) is 1. The van der Waals surface area contributed by atoms with Crippen molar-refractivity contribution in [3.05, 3.63) is 12.3 Å². The first-order chi connectivity index (χ1) is 4.33. The van der Waals surface area contributed by atoms with E-state index in [2.05, 4.69) is 11.9 Å². The SMILES string of the molecule is C=C1CC(CO)CCN1. The number of rotatable bonds is 1. The molecule has 1 saturated heterocycles. The Morgan fingerprint density at radius 3 is 3.00 bits per heavy atom.